The Morgan fingerprint density at radius 3 is 2.41 bits per heavy atom. The zero-order valence-electron chi connectivity index (χ0n) is 14.3. The molecule has 2 heteroatoms. The number of hydrogen-bond donors (Lipinski definition) is 2. The zero-order valence-corrected chi connectivity index (χ0v) is 14.3. The summed E-state index contributed by atoms with van der Waals surface area (Å²) < 4.78 is 0. The van der Waals surface area contributed by atoms with Crippen LogP contribution in [0, 0.1) is 33.5 Å². The first-order valence-corrected chi connectivity index (χ1v) is 9.34. The molecule has 4 rings (SSSR count). The van der Waals surface area contributed by atoms with Gasteiger partial charge in [0.1, 0.15) is 0 Å². The molecule has 2 N–H and O–H groups in total. The second kappa shape index (κ2) is 4.60. The highest BCUT2D eigenvalue weighted by atomic mass is 16.3. The molecule has 4 aliphatic rings. The maximum atomic E-state index is 10.1. The molecule has 4 aliphatic carbocycles. The summed E-state index contributed by atoms with van der Waals surface area (Å²) in [5, 5.41) is 19.9. The largest absolute Gasteiger partial charge is 0.396 e. The van der Waals surface area contributed by atoms with Crippen LogP contribution in [0.15, 0.2) is 12.2 Å². The van der Waals surface area contributed by atoms with Gasteiger partial charge in [0, 0.05) is 12.0 Å². The molecule has 0 heterocycles. The maximum Gasteiger partial charge on any atom is 0.0522 e. The zero-order chi connectivity index (χ0) is 15.6. The molecule has 6 atom stereocenters. The minimum absolute atomic E-state index is 0.0919. The maximum absolute atomic E-state index is 10.1. The van der Waals surface area contributed by atoms with Crippen LogP contribution in [0.1, 0.15) is 65.2 Å². The molecular formula is C20H32O2. The van der Waals surface area contributed by atoms with Crippen LogP contribution in [-0.4, -0.2) is 23.4 Å². The van der Waals surface area contributed by atoms with E-state index in [-0.39, 0.29) is 10.8 Å². The third-order valence-corrected chi connectivity index (χ3v) is 8.55. The molecule has 3 fully saturated rings. The molecular weight excluding hydrogens is 272 g/mol. The van der Waals surface area contributed by atoms with Crippen LogP contribution in [-0.2, 0) is 0 Å². The Labute approximate surface area is 135 Å². The predicted octanol–water partition coefficient (Wildman–Crippen LogP) is 3.92. The van der Waals surface area contributed by atoms with Crippen molar-refractivity contribution < 1.29 is 10.2 Å². The molecule has 1 spiro atoms. The fourth-order valence-electron chi connectivity index (χ4n) is 7.48. The van der Waals surface area contributed by atoms with Crippen molar-refractivity contribution in [2.75, 3.05) is 13.2 Å². The monoisotopic (exact) mass is 304 g/mol. The van der Waals surface area contributed by atoms with E-state index in [1.54, 1.807) is 0 Å². The molecule has 0 unspecified atom stereocenters. The number of allylic oxidation sites excluding steroid dienone is 1. The fourth-order valence-corrected chi connectivity index (χ4v) is 7.48. The molecule has 2 nitrogen and oxygen atoms in total. The van der Waals surface area contributed by atoms with Crippen molar-refractivity contribution >= 4 is 0 Å². The van der Waals surface area contributed by atoms with Crippen LogP contribution in [0.4, 0.5) is 0 Å². The number of fused-ring (bicyclic) bond motifs is 3. The lowest BCUT2D eigenvalue weighted by Gasteiger charge is -2.64. The summed E-state index contributed by atoms with van der Waals surface area (Å²) >= 11 is 0. The van der Waals surface area contributed by atoms with Gasteiger partial charge in [-0.05, 0) is 73.0 Å². The summed E-state index contributed by atoms with van der Waals surface area (Å²) in [6.45, 7) is 5.54. The summed E-state index contributed by atoms with van der Waals surface area (Å²) in [4.78, 5) is 0. The molecule has 3 saturated carbocycles. The van der Waals surface area contributed by atoms with Crippen LogP contribution < -0.4 is 0 Å². The SMILES string of the molecule is C[C@]1(CO)CCC[C@]2(C)[C@@H]3CC[C@@]4(CO)C=C[C@]3(CC[C@@H]12)C4. The number of aliphatic hydroxyl groups excluding tert-OH is 2. The molecule has 0 aromatic carbocycles. The van der Waals surface area contributed by atoms with Crippen LogP contribution in [0.25, 0.3) is 0 Å². The second-order valence-electron chi connectivity index (χ2n) is 9.62. The first kappa shape index (κ1) is 15.2. The third kappa shape index (κ3) is 1.74. The molecule has 0 aromatic rings. The third-order valence-electron chi connectivity index (χ3n) is 8.55. The fraction of sp³-hybridized carbons (Fsp3) is 0.900. The molecule has 22 heavy (non-hydrogen) atoms. The van der Waals surface area contributed by atoms with Gasteiger partial charge in [-0.3, -0.25) is 0 Å². The lowest BCUT2D eigenvalue weighted by molar-refractivity contribution is -0.158. The normalized spacial score (nSPS) is 56.5. The Hall–Kier alpha value is -0.340. The summed E-state index contributed by atoms with van der Waals surface area (Å²) in [5.74, 6) is 1.42. The molecule has 0 saturated heterocycles. The van der Waals surface area contributed by atoms with Gasteiger partial charge >= 0.3 is 0 Å². The summed E-state index contributed by atoms with van der Waals surface area (Å²) in [5.41, 5.74) is 0.946. The number of rotatable bonds is 2. The van der Waals surface area contributed by atoms with Gasteiger partial charge in [0.05, 0.1) is 6.61 Å². The van der Waals surface area contributed by atoms with Crippen LogP contribution in [0.5, 0.6) is 0 Å². The van der Waals surface area contributed by atoms with Crippen molar-refractivity contribution in [3.8, 4) is 0 Å². The van der Waals surface area contributed by atoms with Crippen molar-refractivity contribution in [2.24, 2.45) is 33.5 Å². The van der Waals surface area contributed by atoms with Gasteiger partial charge in [0.25, 0.3) is 0 Å². The first-order valence-electron chi connectivity index (χ1n) is 9.34. The van der Waals surface area contributed by atoms with E-state index in [0.717, 1.165) is 12.3 Å². The van der Waals surface area contributed by atoms with Gasteiger partial charge in [-0.15, -0.1) is 0 Å². The molecule has 2 bridgehead atoms. The van der Waals surface area contributed by atoms with Crippen molar-refractivity contribution in [3.05, 3.63) is 12.2 Å². The minimum Gasteiger partial charge on any atom is -0.396 e. The van der Waals surface area contributed by atoms with Gasteiger partial charge in [0.2, 0.25) is 0 Å². The van der Waals surface area contributed by atoms with Gasteiger partial charge in [-0.1, -0.05) is 32.4 Å². The highest BCUT2D eigenvalue weighted by Crippen LogP contribution is 2.71. The molecule has 124 valence electrons. The Morgan fingerprint density at radius 1 is 0.909 bits per heavy atom. The summed E-state index contributed by atoms with van der Waals surface area (Å²) in [6, 6.07) is 0. The molecule has 0 radical (unpaired) electrons. The molecule has 0 amide bonds. The van der Waals surface area contributed by atoms with Crippen molar-refractivity contribution in [1.29, 1.82) is 0 Å². The van der Waals surface area contributed by atoms with Crippen molar-refractivity contribution in [1.82, 2.24) is 0 Å². The highest BCUT2D eigenvalue weighted by molar-refractivity contribution is 5.26. The lowest BCUT2D eigenvalue weighted by Crippen LogP contribution is -2.58. The van der Waals surface area contributed by atoms with E-state index in [1.807, 2.05) is 0 Å². The van der Waals surface area contributed by atoms with E-state index >= 15 is 0 Å². The van der Waals surface area contributed by atoms with E-state index < -0.39 is 0 Å². The Balaban J connectivity index is 1.72. The Bertz CT molecular complexity index is 500. The van der Waals surface area contributed by atoms with Crippen molar-refractivity contribution in [2.45, 2.75) is 65.2 Å². The smallest absolute Gasteiger partial charge is 0.0522 e. The highest BCUT2D eigenvalue weighted by Gasteiger charge is 2.63. The first-order chi connectivity index (χ1) is 10.4. The van der Waals surface area contributed by atoms with Crippen LogP contribution in [0.2, 0.25) is 0 Å². The quantitative estimate of drug-likeness (QED) is 0.759. The number of aliphatic hydroxyl groups is 2. The van der Waals surface area contributed by atoms with E-state index in [4.69, 9.17) is 0 Å². The Morgan fingerprint density at radius 2 is 1.68 bits per heavy atom. The van der Waals surface area contributed by atoms with E-state index in [2.05, 4.69) is 26.0 Å². The van der Waals surface area contributed by atoms with Crippen LogP contribution >= 0.6 is 0 Å². The average Bonchev–Trinajstić information content (AvgIpc) is 2.79. The van der Waals surface area contributed by atoms with Gasteiger partial charge in [-0.25, -0.2) is 0 Å². The average molecular weight is 304 g/mol. The van der Waals surface area contributed by atoms with Gasteiger partial charge in [0.15, 0.2) is 0 Å². The van der Waals surface area contributed by atoms with Gasteiger partial charge < -0.3 is 10.2 Å². The summed E-state index contributed by atoms with van der Waals surface area (Å²) in [6.07, 6.45) is 14.8. The minimum atomic E-state index is 0.0919. The van der Waals surface area contributed by atoms with Crippen molar-refractivity contribution in [3.63, 3.8) is 0 Å². The molecule has 0 aliphatic heterocycles. The van der Waals surface area contributed by atoms with E-state index in [1.165, 1.54) is 44.9 Å². The molecule has 0 aromatic heterocycles. The topological polar surface area (TPSA) is 40.5 Å². The number of hydrogen-bond acceptors (Lipinski definition) is 2. The predicted molar refractivity (Wildman–Crippen MR) is 88.3 cm³/mol. The van der Waals surface area contributed by atoms with Crippen LogP contribution in [0.3, 0.4) is 0 Å². The lowest BCUT2D eigenvalue weighted by atomic mass is 9.40. The van der Waals surface area contributed by atoms with Gasteiger partial charge in [-0.2, -0.15) is 0 Å². The van der Waals surface area contributed by atoms with E-state index in [9.17, 15) is 10.2 Å². The Kier molecular flexibility index (Phi) is 3.18. The van der Waals surface area contributed by atoms with E-state index in [0.29, 0.717) is 30.0 Å². The standard InChI is InChI=1S/C20H32O2/c1-17(13-21)6-3-7-18(2)15(17)5-9-20-11-10-19(12-20,14-22)8-4-16(18)20/h10-11,15-16,21-22H,3-9,12-14H2,1-2H3/t15-,16-,17+,18-,19+,20+/m0/s1. The second-order valence-corrected chi connectivity index (χ2v) is 9.62. The summed E-state index contributed by atoms with van der Waals surface area (Å²) in [7, 11) is 0.